The monoisotopic (exact) mass is 283 g/mol. The molecule has 2 fully saturated rings. The molecule has 5 atom stereocenters. The van der Waals surface area contributed by atoms with Crippen LogP contribution >= 0.6 is 0 Å². The van der Waals surface area contributed by atoms with Gasteiger partial charge in [-0.25, -0.2) is 0 Å². The van der Waals surface area contributed by atoms with Crippen LogP contribution in [0.25, 0.3) is 0 Å². The van der Waals surface area contributed by atoms with Crippen molar-refractivity contribution in [2.75, 3.05) is 0 Å². The van der Waals surface area contributed by atoms with Crippen molar-refractivity contribution in [3.63, 3.8) is 0 Å². The van der Waals surface area contributed by atoms with E-state index < -0.39 is 5.79 Å². The number of carbonyl (C=O) groups is 1. The highest BCUT2D eigenvalue weighted by molar-refractivity contribution is 5.73. The second-order valence-corrected chi connectivity index (χ2v) is 5.94. The van der Waals surface area contributed by atoms with Crippen LogP contribution in [-0.4, -0.2) is 42.2 Å². The molecule has 1 amide bonds. The van der Waals surface area contributed by atoms with Crippen molar-refractivity contribution in [2.24, 2.45) is 0 Å². The maximum atomic E-state index is 11.5. The van der Waals surface area contributed by atoms with Gasteiger partial charge in [-0.2, -0.15) is 0 Å². The number of ether oxygens (including phenoxy) is 3. The summed E-state index contributed by atoms with van der Waals surface area (Å²) in [5.41, 5.74) is 0. The fourth-order valence-electron chi connectivity index (χ4n) is 3.09. The quantitative estimate of drug-likeness (QED) is 0.799. The van der Waals surface area contributed by atoms with Crippen LogP contribution in [0.1, 0.15) is 40.5 Å². The van der Waals surface area contributed by atoms with Gasteiger partial charge in [-0.3, -0.25) is 4.79 Å². The van der Waals surface area contributed by atoms with E-state index in [-0.39, 0.29) is 36.4 Å². The maximum Gasteiger partial charge on any atom is 0.217 e. The first-order chi connectivity index (χ1) is 9.38. The zero-order valence-corrected chi connectivity index (χ0v) is 12.7. The molecule has 2 aliphatic heterocycles. The van der Waals surface area contributed by atoms with E-state index in [0.29, 0.717) is 6.42 Å². The summed E-state index contributed by atoms with van der Waals surface area (Å²) < 4.78 is 18.1. The van der Waals surface area contributed by atoms with Crippen LogP contribution in [0.4, 0.5) is 0 Å². The Morgan fingerprint density at radius 2 is 1.95 bits per heavy atom. The number of rotatable bonds is 4. The van der Waals surface area contributed by atoms with Gasteiger partial charge in [-0.05, 0) is 26.7 Å². The van der Waals surface area contributed by atoms with E-state index >= 15 is 0 Å². The molecule has 1 N–H and O–H groups in total. The highest BCUT2D eigenvalue weighted by atomic mass is 16.8. The number of nitrogens with one attached hydrogen (secondary N) is 1. The summed E-state index contributed by atoms with van der Waals surface area (Å²) in [6, 6.07) is -0.208. The zero-order valence-electron chi connectivity index (χ0n) is 12.7. The van der Waals surface area contributed by atoms with Crippen LogP contribution < -0.4 is 5.32 Å². The number of hydrogen-bond acceptors (Lipinski definition) is 4. The van der Waals surface area contributed by atoms with Crippen molar-refractivity contribution in [1.29, 1.82) is 0 Å². The summed E-state index contributed by atoms with van der Waals surface area (Å²) in [6.07, 6.45) is 2.87. The predicted molar refractivity (Wildman–Crippen MR) is 75.2 cm³/mol. The molecule has 0 aromatic carbocycles. The van der Waals surface area contributed by atoms with Crippen LogP contribution in [0.2, 0.25) is 0 Å². The molecule has 1 unspecified atom stereocenters. The van der Waals surface area contributed by atoms with E-state index in [1.165, 1.54) is 6.92 Å². The number of carbonyl (C=O) groups excluding carboxylic acids is 1. The smallest absolute Gasteiger partial charge is 0.217 e. The Labute approximate surface area is 120 Å². The van der Waals surface area contributed by atoms with Crippen molar-refractivity contribution < 1.29 is 19.0 Å². The van der Waals surface area contributed by atoms with E-state index in [2.05, 4.69) is 18.8 Å². The van der Waals surface area contributed by atoms with Crippen LogP contribution in [0.15, 0.2) is 12.7 Å². The molecule has 0 radical (unpaired) electrons. The van der Waals surface area contributed by atoms with Crippen molar-refractivity contribution in [3.8, 4) is 0 Å². The van der Waals surface area contributed by atoms with E-state index in [1.54, 1.807) is 0 Å². The lowest BCUT2D eigenvalue weighted by Gasteiger charge is -2.42. The van der Waals surface area contributed by atoms with Gasteiger partial charge in [0.15, 0.2) is 5.79 Å². The highest BCUT2D eigenvalue weighted by Crippen LogP contribution is 2.39. The summed E-state index contributed by atoms with van der Waals surface area (Å²) in [5.74, 6) is -0.735. The third-order valence-corrected chi connectivity index (χ3v) is 3.81. The van der Waals surface area contributed by atoms with Crippen molar-refractivity contribution >= 4 is 5.91 Å². The molecule has 0 aromatic rings. The lowest BCUT2D eigenvalue weighted by Crippen LogP contribution is -2.62. The second-order valence-electron chi connectivity index (χ2n) is 5.94. The minimum absolute atomic E-state index is 0.0169. The van der Waals surface area contributed by atoms with E-state index in [1.807, 2.05) is 19.9 Å². The first-order valence-corrected chi connectivity index (χ1v) is 7.27. The van der Waals surface area contributed by atoms with Gasteiger partial charge < -0.3 is 19.5 Å². The summed E-state index contributed by atoms with van der Waals surface area (Å²) in [5, 5.41) is 2.95. The van der Waals surface area contributed by atoms with Crippen molar-refractivity contribution in [2.45, 2.75) is 76.8 Å². The van der Waals surface area contributed by atoms with Gasteiger partial charge in [0.25, 0.3) is 0 Å². The van der Waals surface area contributed by atoms with Gasteiger partial charge >= 0.3 is 0 Å². The molecule has 2 saturated heterocycles. The highest BCUT2D eigenvalue weighted by Gasteiger charge is 2.54. The molecule has 5 heteroatoms. The largest absolute Gasteiger partial charge is 0.370 e. The van der Waals surface area contributed by atoms with Crippen molar-refractivity contribution in [3.05, 3.63) is 12.7 Å². The van der Waals surface area contributed by atoms with Crippen LogP contribution in [0, 0.1) is 0 Å². The fraction of sp³-hybridized carbons (Fsp3) is 0.800. The van der Waals surface area contributed by atoms with E-state index in [0.717, 1.165) is 6.42 Å². The molecular weight excluding hydrogens is 258 g/mol. The Hall–Kier alpha value is -0.910. The number of hydrogen-bond donors (Lipinski definition) is 1. The molecule has 0 saturated carbocycles. The molecule has 0 aliphatic carbocycles. The normalized spacial score (nSPS) is 39.1. The lowest BCUT2D eigenvalue weighted by molar-refractivity contribution is -0.160. The molecule has 2 rings (SSSR count). The average molecular weight is 283 g/mol. The van der Waals surface area contributed by atoms with Crippen LogP contribution in [0.5, 0.6) is 0 Å². The average Bonchev–Trinajstić information content (AvgIpc) is 2.67. The molecule has 0 aromatic heterocycles. The SMILES string of the molecule is C=CCC1O[C@H](CC)[C@@H]2OC(C)(C)O[C@@H]2[C@H]1NC(C)=O. The van der Waals surface area contributed by atoms with Gasteiger partial charge in [0.05, 0.1) is 18.2 Å². The third kappa shape index (κ3) is 3.05. The molecule has 20 heavy (non-hydrogen) atoms. The Balaban J connectivity index is 2.25. The molecule has 2 heterocycles. The summed E-state index contributed by atoms with van der Waals surface area (Å²) >= 11 is 0. The van der Waals surface area contributed by atoms with Gasteiger partial charge in [-0.15, -0.1) is 6.58 Å². The van der Waals surface area contributed by atoms with Gasteiger partial charge in [-0.1, -0.05) is 13.0 Å². The van der Waals surface area contributed by atoms with Gasteiger partial charge in [0.2, 0.25) is 5.91 Å². The fourth-order valence-corrected chi connectivity index (χ4v) is 3.09. The Morgan fingerprint density at radius 1 is 1.30 bits per heavy atom. The third-order valence-electron chi connectivity index (χ3n) is 3.81. The number of amides is 1. The molecule has 2 aliphatic rings. The minimum atomic E-state index is -0.647. The van der Waals surface area contributed by atoms with E-state index in [9.17, 15) is 4.79 Å². The summed E-state index contributed by atoms with van der Waals surface area (Å²) in [7, 11) is 0. The standard InChI is InChI=1S/C15H25NO4/c1-6-8-11-12(16-9(3)17)14-13(10(7-2)18-11)19-15(4,5)20-14/h6,10-14H,1,7-8H2,2-5H3,(H,16,17)/t10-,11?,12+,13+,14-/m1/s1. The zero-order chi connectivity index (χ0) is 14.9. The van der Waals surface area contributed by atoms with Crippen molar-refractivity contribution in [1.82, 2.24) is 5.32 Å². The molecule has 0 bridgehead atoms. The van der Waals surface area contributed by atoms with Gasteiger partial charge in [0.1, 0.15) is 12.2 Å². The maximum absolute atomic E-state index is 11.5. The van der Waals surface area contributed by atoms with Crippen LogP contribution in [-0.2, 0) is 19.0 Å². The molecule has 0 spiro atoms. The number of fused-ring (bicyclic) bond motifs is 1. The lowest BCUT2D eigenvalue weighted by atomic mass is 9.90. The topological polar surface area (TPSA) is 56.8 Å². The first kappa shape index (κ1) is 15.5. The van der Waals surface area contributed by atoms with E-state index in [4.69, 9.17) is 14.2 Å². The predicted octanol–water partition coefficient (Wildman–Crippen LogP) is 1.76. The Bertz CT molecular complexity index is 382. The Morgan fingerprint density at radius 3 is 2.50 bits per heavy atom. The first-order valence-electron chi connectivity index (χ1n) is 7.27. The molecule has 5 nitrogen and oxygen atoms in total. The van der Waals surface area contributed by atoms with Crippen LogP contribution in [0.3, 0.4) is 0 Å². The molecule has 114 valence electrons. The van der Waals surface area contributed by atoms with Gasteiger partial charge in [0, 0.05) is 6.92 Å². The summed E-state index contributed by atoms with van der Waals surface area (Å²) in [6.45, 7) is 11.1. The molecular formula is C15H25NO4. The second kappa shape index (κ2) is 5.84. The minimum Gasteiger partial charge on any atom is -0.370 e. The Kier molecular flexibility index (Phi) is 4.52. The summed E-state index contributed by atoms with van der Waals surface area (Å²) in [4.78, 5) is 11.5.